The first-order valence-corrected chi connectivity index (χ1v) is 4.32. The van der Waals surface area contributed by atoms with E-state index in [-0.39, 0.29) is 30.8 Å². The lowest BCUT2D eigenvalue weighted by Crippen LogP contribution is -2.25. The molecule has 0 fully saturated rings. The van der Waals surface area contributed by atoms with Crippen LogP contribution in [0.25, 0.3) is 0 Å². The summed E-state index contributed by atoms with van der Waals surface area (Å²) in [5.74, 6) is -0.311. The summed E-state index contributed by atoms with van der Waals surface area (Å²) < 4.78 is 0. The summed E-state index contributed by atoms with van der Waals surface area (Å²) in [5, 5.41) is 2.76. The molecular weight excluding hydrogens is 288 g/mol. The van der Waals surface area contributed by atoms with Gasteiger partial charge in [-0.15, -0.1) is 24.8 Å². The molecule has 0 bridgehead atoms. The average Bonchev–Trinajstić information content (AvgIpc) is 2.10. The monoisotopic (exact) mass is 299 g/mol. The number of aliphatic imine (C=N–C) groups is 1. The van der Waals surface area contributed by atoms with Crippen molar-refractivity contribution in [3.63, 3.8) is 0 Å². The van der Waals surface area contributed by atoms with Gasteiger partial charge in [0.1, 0.15) is 0 Å². The molecule has 0 saturated heterocycles. The standard InChI is InChI=1S/C8H10ClN5O.2ClH/c9-5-3-4(1-2-6(5)10)13-8(15)14-7(11)12;;/h1-3H,10H2,(H5,11,12,13,14,15);2*1H. The van der Waals surface area contributed by atoms with E-state index in [0.717, 1.165) is 0 Å². The summed E-state index contributed by atoms with van der Waals surface area (Å²) in [6.07, 6.45) is 0. The van der Waals surface area contributed by atoms with E-state index in [4.69, 9.17) is 28.8 Å². The Morgan fingerprint density at radius 1 is 1.29 bits per heavy atom. The number of nitrogen functional groups attached to an aromatic ring is 1. The highest BCUT2D eigenvalue weighted by Crippen LogP contribution is 2.22. The molecule has 0 spiro atoms. The van der Waals surface area contributed by atoms with Crippen LogP contribution in [0.1, 0.15) is 0 Å². The van der Waals surface area contributed by atoms with Crippen molar-refractivity contribution < 1.29 is 4.79 Å². The molecule has 7 N–H and O–H groups in total. The Balaban J connectivity index is 0. The molecular formula is C8H12Cl3N5O. The van der Waals surface area contributed by atoms with E-state index in [1.807, 2.05) is 0 Å². The zero-order valence-electron chi connectivity index (χ0n) is 8.51. The molecule has 1 rings (SSSR count). The van der Waals surface area contributed by atoms with Crippen molar-refractivity contribution in [3.05, 3.63) is 23.2 Å². The van der Waals surface area contributed by atoms with Gasteiger partial charge in [0.2, 0.25) is 0 Å². The Morgan fingerprint density at radius 2 is 1.88 bits per heavy atom. The van der Waals surface area contributed by atoms with Gasteiger partial charge in [-0.05, 0) is 18.2 Å². The fourth-order valence-corrected chi connectivity index (χ4v) is 1.05. The lowest BCUT2D eigenvalue weighted by atomic mass is 10.3. The summed E-state index contributed by atoms with van der Waals surface area (Å²) in [7, 11) is 0. The Hall–Kier alpha value is -1.37. The number of carbonyl (C=O) groups is 1. The first kappa shape index (κ1) is 18.0. The fraction of sp³-hybridized carbons (Fsp3) is 0. The molecule has 6 nitrogen and oxygen atoms in total. The van der Waals surface area contributed by atoms with Crippen LogP contribution in [0.3, 0.4) is 0 Å². The van der Waals surface area contributed by atoms with Crippen LogP contribution >= 0.6 is 36.4 Å². The number of hydrogen-bond acceptors (Lipinski definition) is 2. The number of halogens is 3. The Kier molecular flexibility index (Phi) is 8.30. The maximum atomic E-state index is 11.1. The van der Waals surface area contributed by atoms with Gasteiger partial charge < -0.3 is 22.5 Å². The second kappa shape index (κ2) is 7.83. The highest BCUT2D eigenvalue weighted by atomic mass is 35.5. The second-order valence-corrected chi connectivity index (χ2v) is 3.11. The summed E-state index contributed by atoms with van der Waals surface area (Å²) in [6.45, 7) is 0. The van der Waals surface area contributed by atoms with Gasteiger partial charge in [-0.3, -0.25) is 0 Å². The van der Waals surface area contributed by atoms with Gasteiger partial charge in [-0.25, -0.2) is 4.79 Å². The van der Waals surface area contributed by atoms with E-state index in [2.05, 4.69) is 10.3 Å². The molecule has 0 saturated carbocycles. The van der Waals surface area contributed by atoms with E-state index in [0.29, 0.717) is 16.4 Å². The number of nitrogens with one attached hydrogen (secondary N) is 1. The van der Waals surface area contributed by atoms with Crippen LogP contribution in [-0.4, -0.2) is 12.0 Å². The number of carbonyl (C=O) groups excluding carboxylic acids is 1. The zero-order valence-corrected chi connectivity index (χ0v) is 10.9. The smallest absolute Gasteiger partial charge is 0.348 e. The maximum absolute atomic E-state index is 11.1. The summed E-state index contributed by atoms with van der Waals surface area (Å²) >= 11 is 5.74. The molecule has 1 aromatic rings. The third kappa shape index (κ3) is 6.06. The molecule has 2 amide bonds. The summed E-state index contributed by atoms with van der Waals surface area (Å²) in [6, 6.07) is 3.97. The van der Waals surface area contributed by atoms with Gasteiger partial charge in [-0.2, -0.15) is 4.99 Å². The molecule has 0 unspecified atom stereocenters. The third-order valence-electron chi connectivity index (χ3n) is 1.48. The molecule has 0 atom stereocenters. The molecule has 96 valence electrons. The van der Waals surface area contributed by atoms with E-state index in [1.54, 1.807) is 12.1 Å². The Morgan fingerprint density at radius 3 is 2.35 bits per heavy atom. The molecule has 1 aromatic carbocycles. The first-order chi connectivity index (χ1) is 6.99. The lowest BCUT2D eigenvalue weighted by molar-refractivity contribution is 0.259. The highest BCUT2D eigenvalue weighted by Gasteiger charge is 2.02. The van der Waals surface area contributed by atoms with Crippen molar-refractivity contribution in [1.29, 1.82) is 0 Å². The SMILES string of the molecule is Cl.Cl.NC(N)=NC(=O)Nc1ccc(N)c(Cl)c1. The van der Waals surface area contributed by atoms with Crippen LogP contribution in [0.4, 0.5) is 16.2 Å². The normalized spacial score (nSPS) is 8.29. The summed E-state index contributed by atoms with van der Waals surface area (Å²) in [4.78, 5) is 14.4. The minimum Gasteiger partial charge on any atom is -0.398 e. The third-order valence-corrected chi connectivity index (χ3v) is 1.81. The van der Waals surface area contributed by atoms with Gasteiger partial charge in [-0.1, -0.05) is 11.6 Å². The van der Waals surface area contributed by atoms with E-state index < -0.39 is 6.03 Å². The number of benzene rings is 1. The topological polar surface area (TPSA) is 120 Å². The Labute approximate surface area is 115 Å². The van der Waals surface area contributed by atoms with Crippen LogP contribution in [0, 0.1) is 0 Å². The second-order valence-electron chi connectivity index (χ2n) is 2.70. The molecule has 17 heavy (non-hydrogen) atoms. The average molecular weight is 301 g/mol. The van der Waals surface area contributed by atoms with Crippen molar-refractivity contribution in [1.82, 2.24) is 0 Å². The van der Waals surface area contributed by atoms with Gasteiger partial charge in [0.25, 0.3) is 0 Å². The van der Waals surface area contributed by atoms with Crippen LogP contribution in [0.15, 0.2) is 23.2 Å². The Bertz CT molecular complexity index is 420. The van der Waals surface area contributed by atoms with Crippen molar-refractivity contribution >= 4 is 59.8 Å². The molecule has 0 heterocycles. The van der Waals surface area contributed by atoms with Gasteiger partial charge >= 0.3 is 6.03 Å². The number of anilines is 2. The van der Waals surface area contributed by atoms with Gasteiger partial charge in [0.05, 0.1) is 10.7 Å². The molecule has 9 heteroatoms. The lowest BCUT2D eigenvalue weighted by Gasteiger charge is -2.03. The number of nitrogens with zero attached hydrogens (tertiary/aromatic N) is 1. The largest absolute Gasteiger partial charge is 0.398 e. The van der Waals surface area contributed by atoms with E-state index in [1.165, 1.54) is 6.07 Å². The fourth-order valence-electron chi connectivity index (χ4n) is 0.874. The van der Waals surface area contributed by atoms with E-state index >= 15 is 0 Å². The van der Waals surface area contributed by atoms with Crippen LogP contribution < -0.4 is 22.5 Å². The van der Waals surface area contributed by atoms with Gasteiger partial charge in [0.15, 0.2) is 5.96 Å². The van der Waals surface area contributed by atoms with Crippen LogP contribution in [-0.2, 0) is 0 Å². The van der Waals surface area contributed by atoms with E-state index in [9.17, 15) is 4.79 Å². The highest BCUT2D eigenvalue weighted by molar-refractivity contribution is 6.33. The van der Waals surface area contributed by atoms with Crippen molar-refractivity contribution in [3.8, 4) is 0 Å². The minimum atomic E-state index is -0.671. The molecule has 0 aliphatic heterocycles. The van der Waals surface area contributed by atoms with Crippen LogP contribution in [0.5, 0.6) is 0 Å². The minimum absolute atomic E-state index is 0. The predicted molar refractivity (Wildman–Crippen MR) is 75.2 cm³/mol. The molecule has 0 aliphatic rings. The number of amides is 2. The predicted octanol–water partition coefficient (Wildman–Crippen LogP) is 1.57. The molecule has 0 aromatic heterocycles. The number of rotatable bonds is 1. The van der Waals surface area contributed by atoms with Crippen molar-refractivity contribution in [2.75, 3.05) is 11.1 Å². The van der Waals surface area contributed by atoms with Crippen molar-refractivity contribution in [2.45, 2.75) is 0 Å². The van der Waals surface area contributed by atoms with Gasteiger partial charge in [0, 0.05) is 5.69 Å². The number of guanidine groups is 1. The van der Waals surface area contributed by atoms with Crippen molar-refractivity contribution in [2.24, 2.45) is 16.5 Å². The first-order valence-electron chi connectivity index (χ1n) is 3.94. The number of urea groups is 1. The maximum Gasteiger partial charge on any atom is 0.348 e. The quantitative estimate of drug-likeness (QED) is 0.357. The molecule has 0 aliphatic carbocycles. The molecule has 0 radical (unpaired) electrons. The van der Waals surface area contributed by atoms with Crippen LogP contribution in [0.2, 0.25) is 5.02 Å². The summed E-state index contributed by atoms with van der Waals surface area (Å²) in [5.41, 5.74) is 16.4. The number of hydrogen-bond donors (Lipinski definition) is 4. The number of nitrogens with two attached hydrogens (primary N) is 3. The zero-order chi connectivity index (χ0) is 11.4.